The van der Waals surface area contributed by atoms with Gasteiger partial charge in [0.15, 0.2) is 5.75 Å². The molecule has 0 aliphatic heterocycles. The van der Waals surface area contributed by atoms with E-state index in [0.29, 0.717) is 13.2 Å². The van der Waals surface area contributed by atoms with Crippen LogP contribution in [-0.2, 0) is 11.4 Å². The number of anilines is 1. The van der Waals surface area contributed by atoms with Gasteiger partial charge >= 0.3 is 0 Å². The van der Waals surface area contributed by atoms with E-state index in [9.17, 15) is 0 Å². The first-order valence-electron chi connectivity index (χ1n) is 6.31. The summed E-state index contributed by atoms with van der Waals surface area (Å²) in [6, 6.07) is 11.8. The smallest absolute Gasteiger partial charge is 0.165 e. The van der Waals surface area contributed by atoms with E-state index in [-0.39, 0.29) is 0 Å². The predicted molar refractivity (Wildman–Crippen MR) is 75.0 cm³/mol. The van der Waals surface area contributed by atoms with Crippen LogP contribution in [0.1, 0.15) is 18.2 Å². The van der Waals surface area contributed by atoms with Gasteiger partial charge in [0.2, 0.25) is 0 Å². The number of ether oxygens (including phenoxy) is 1. The Morgan fingerprint density at radius 3 is 2.68 bits per heavy atom. The van der Waals surface area contributed by atoms with Gasteiger partial charge in [-0.05, 0) is 25.5 Å². The van der Waals surface area contributed by atoms with E-state index in [1.807, 2.05) is 50.2 Å². The van der Waals surface area contributed by atoms with E-state index in [1.165, 1.54) is 0 Å². The summed E-state index contributed by atoms with van der Waals surface area (Å²) < 4.78 is 5.57. The van der Waals surface area contributed by atoms with E-state index in [4.69, 9.17) is 9.57 Å². The molecule has 1 aromatic heterocycles. The molecule has 19 heavy (non-hydrogen) atoms. The number of nitrogens with one attached hydrogen (secondary N) is 1. The van der Waals surface area contributed by atoms with Gasteiger partial charge in [-0.1, -0.05) is 30.3 Å². The molecule has 4 nitrogen and oxygen atoms in total. The lowest BCUT2D eigenvalue weighted by atomic mass is 10.2. The summed E-state index contributed by atoms with van der Waals surface area (Å²) in [5, 5.41) is 0. The summed E-state index contributed by atoms with van der Waals surface area (Å²) >= 11 is 0. The van der Waals surface area contributed by atoms with E-state index < -0.39 is 0 Å². The molecule has 1 N–H and O–H groups in total. The molecule has 1 aromatic carbocycles. The highest BCUT2D eigenvalue weighted by Crippen LogP contribution is 2.26. The molecule has 0 amide bonds. The lowest BCUT2D eigenvalue weighted by molar-refractivity contribution is 0.178. The van der Waals surface area contributed by atoms with Crippen molar-refractivity contribution in [3.63, 3.8) is 0 Å². The molecule has 0 aliphatic rings. The summed E-state index contributed by atoms with van der Waals surface area (Å²) in [5.41, 5.74) is 5.67. The van der Waals surface area contributed by atoms with Gasteiger partial charge < -0.3 is 4.74 Å². The van der Waals surface area contributed by atoms with Crippen molar-refractivity contribution in [2.45, 2.75) is 20.5 Å². The van der Waals surface area contributed by atoms with Crippen molar-refractivity contribution in [2.75, 3.05) is 12.1 Å². The zero-order valence-corrected chi connectivity index (χ0v) is 11.2. The quantitative estimate of drug-likeness (QED) is 0.807. The molecular weight excluding hydrogens is 240 g/mol. The number of aromatic nitrogens is 1. The maximum Gasteiger partial charge on any atom is 0.165 e. The number of hydrogen-bond donors (Lipinski definition) is 1. The van der Waals surface area contributed by atoms with Crippen LogP contribution in [0.15, 0.2) is 42.6 Å². The van der Waals surface area contributed by atoms with E-state index in [2.05, 4.69) is 10.5 Å². The van der Waals surface area contributed by atoms with Crippen molar-refractivity contribution in [2.24, 2.45) is 0 Å². The van der Waals surface area contributed by atoms with E-state index in [0.717, 1.165) is 22.7 Å². The Labute approximate surface area is 113 Å². The fourth-order valence-corrected chi connectivity index (χ4v) is 1.73. The molecule has 0 bridgehead atoms. The Kier molecular flexibility index (Phi) is 4.75. The third-order valence-corrected chi connectivity index (χ3v) is 2.64. The van der Waals surface area contributed by atoms with Crippen molar-refractivity contribution in [1.29, 1.82) is 0 Å². The number of aryl methyl sites for hydroxylation is 1. The molecule has 0 radical (unpaired) electrons. The van der Waals surface area contributed by atoms with Crippen LogP contribution in [0.3, 0.4) is 0 Å². The molecule has 2 rings (SSSR count). The van der Waals surface area contributed by atoms with Gasteiger partial charge in [0.1, 0.15) is 5.69 Å². The number of benzene rings is 1. The highest BCUT2D eigenvalue weighted by atomic mass is 16.6. The number of pyridine rings is 1. The number of nitrogens with zero attached hydrogens (tertiary/aromatic N) is 1. The summed E-state index contributed by atoms with van der Waals surface area (Å²) in [6.07, 6.45) is 1.73. The molecule has 0 unspecified atom stereocenters. The predicted octanol–water partition coefficient (Wildman–Crippen LogP) is 3.33. The van der Waals surface area contributed by atoms with Gasteiger partial charge in [0, 0.05) is 6.20 Å². The normalized spacial score (nSPS) is 10.2. The van der Waals surface area contributed by atoms with Crippen LogP contribution in [0.25, 0.3) is 0 Å². The number of hydrogen-bond acceptors (Lipinski definition) is 4. The van der Waals surface area contributed by atoms with Gasteiger partial charge in [-0.3, -0.25) is 15.3 Å². The fraction of sp³-hybridized carbons (Fsp3) is 0.267. The topological polar surface area (TPSA) is 43.4 Å². The Balaban J connectivity index is 1.97. The van der Waals surface area contributed by atoms with E-state index >= 15 is 0 Å². The lowest BCUT2D eigenvalue weighted by Crippen LogP contribution is -2.05. The fourth-order valence-electron chi connectivity index (χ4n) is 1.73. The van der Waals surface area contributed by atoms with Crippen LogP contribution in [-0.4, -0.2) is 11.6 Å². The second kappa shape index (κ2) is 6.75. The Morgan fingerprint density at radius 2 is 1.95 bits per heavy atom. The maximum atomic E-state index is 5.57. The van der Waals surface area contributed by atoms with Crippen molar-refractivity contribution in [3.8, 4) is 5.75 Å². The molecule has 0 aliphatic carbocycles. The van der Waals surface area contributed by atoms with E-state index in [1.54, 1.807) is 6.20 Å². The second-order valence-corrected chi connectivity index (χ2v) is 4.08. The minimum absolute atomic E-state index is 0.494. The van der Waals surface area contributed by atoms with Crippen LogP contribution < -0.4 is 10.2 Å². The standard InChI is InChI=1S/C15H18N2O2/c1-3-18-15-12(2)16-10-9-14(15)17-19-11-13-7-5-4-6-8-13/h4-10H,3,11H2,1-2H3,(H,16,17). The van der Waals surface area contributed by atoms with Crippen molar-refractivity contribution >= 4 is 5.69 Å². The van der Waals surface area contributed by atoms with Gasteiger partial charge in [-0.2, -0.15) is 0 Å². The third kappa shape index (κ3) is 3.69. The Hall–Kier alpha value is -2.07. The van der Waals surface area contributed by atoms with Crippen molar-refractivity contribution in [3.05, 3.63) is 53.9 Å². The van der Waals surface area contributed by atoms with Gasteiger partial charge in [-0.25, -0.2) is 0 Å². The van der Waals surface area contributed by atoms with Crippen molar-refractivity contribution < 1.29 is 9.57 Å². The molecule has 100 valence electrons. The molecule has 2 aromatic rings. The molecule has 0 atom stereocenters. The first-order valence-corrected chi connectivity index (χ1v) is 6.31. The first-order chi connectivity index (χ1) is 9.31. The largest absolute Gasteiger partial charge is 0.490 e. The average molecular weight is 258 g/mol. The molecule has 1 heterocycles. The van der Waals surface area contributed by atoms with Crippen LogP contribution in [0, 0.1) is 6.92 Å². The summed E-state index contributed by atoms with van der Waals surface area (Å²) in [5.74, 6) is 0.734. The van der Waals surface area contributed by atoms with Crippen LogP contribution in [0.4, 0.5) is 5.69 Å². The summed E-state index contributed by atoms with van der Waals surface area (Å²) in [6.45, 7) is 4.95. The summed E-state index contributed by atoms with van der Waals surface area (Å²) in [7, 11) is 0. The van der Waals surface area contributed by atoms with Crippen LogP contribution in [0.5, 0.6) is 5.75 Å². The highest BCUT2D eigenvalue weighted by Gasteiger charge is 2.07. The maximum absolute atomic E-state index is 5.57. The minimum Gasteiger partial charge on any atom is -0.490 e. The lowest BCUT2D eigenvalue weighted by Gasteiger charge is -2.13. The van der Waals surface area contributed by atoms with Crippen molar-refractivity contribution in [1.82, 2.24) is 4.98 Å². The third-order valence-electron chi connectivity index (χ3n) is 2.64. The minimum atomic E-state index is 0.494. The Bertz CT molecular complexity index is 515. The van der Waals surface area contributed by atoms with Crippen LogP contribution in [0.2, 0.25) is 0 Å². The SMILES string of the molecule is CCOc1c(NOCc2ccccc2)ccnc1C. The summed E-state index contributed by atoms with van der Waals surface area (Å²) in [4.78, 5) is 9.69. The highest BCUT2D eigenvalue weighted by molar-refractivity contribution is 5.56. The monoisotopic (exact) mass is 258 g/mol. The average Bonchev–Trinajstić information content (AvgIpc) is 2.44. The molecule has 4 heteroatoms. The number of rotatable bonds is 6. The zero-order valence-electron chi connectivity index (χ0n) is 11.2. The molecular formula is C15H18N2O2. The molecule has 0 saturated heterocycles. The molecule has 0 fully saturated rings. The molecule has 0 spiro atoms. The van der Waals surface area contributed by atoms with Gasteiger partial charge in [0.25, 0.3) is 0 Å². The first kappa shape index (κ1) is 13.4. The molecule has 0 saturated carbocycles. The Morgan fingerprint density at radius 1 is 1.16 bits per heavy atom. The zero-order chi connectivity index (χ0) is 13.5. The van der Waals surface area contributed by atoms with Crippen LogP contribution >= 0.6 is 0 Å². The van der Waals surface area contributed by atoms with Gasteiger partial charge in [0.05, 0.1) is 18.9 Å². The second-order valence-electron chi connectivity index (χ2n) is 4.08. The van der Waals surface area contributed by atoms with Gasteiger partial charge in [-0.15, -0.1) is 0 Å².